The number of ether oxygens (including phenoxy) is 2. The highest BCUT2D eigenvalue weighted by Gasteiger charge is 2.44. The normalized spacial score (nSPS) is 16.0. The summed E-state index contributed by atoms with van der Waals surface area (Å²) in [6, 6.07) is 4.15. The maximum absolute atomic E-state index is 13.1. The van der Waals surface area contributed by atoms with E-state index in [1.807, 2.05) is 6.07 Å². The number of benzene rings is 1. The number of carbonyl (C=O) groups is 2. The maximum atomic E-state index is 13.1. The zero-order valence-electron chi connectivity index (χ0n) is 18.5. The Labute approximate surface area is 187 Å². The van der Waals surface area contributed by atoms with Crippen LogP contribution < -0.4 is 5.32 Å². The highest BCUT2D eigenvalue weighted by Crippen LogP contribution is 2.39. The Balaban J connectivity index is 1.64. The second-order valence-corrected chi connectivity index (χ2v) is 8.63. The van der Waals surface area contributed by atoms with Gasteiger partial charge >= 0.3 is 12.1 Å². The number of amides is 1. The van der Waals surface area contributed by atoms with E-state index in [4.69, 9.17) is 14.7 Å². The molecule has 8 heteroatoms. The zero-order valence-corrected chi connectivity index (χ0v) is 18.5. The van der Waals surface area contributed by atoms with Crippen LogP contribution in [0.15, 0.2) is 18.5 Å². The van der Waals surface area contributed by atoms with Crippen LogP contribution >= 0.6 is 0 Å². The van der Waals surface area contributed by atoms with Crippen LogP contribution in [0.5, 0.6) is 0 Å². The molecule has 0 spiro atoms. The van der Waals surface area contributed by atoms with Gasteiger partial charge in [0.15, 0.2) is 5.69 Å². The number of esters is 1. The van der Waals surface area contributed by atoms with Crippen LogP contribution in [0.4, 0.5) is 10.5 Å². The van der Waals surface area contributed by atoms with Gasteiger partial charge in [-0.05, 0) is 81.5 Å². The van der Waals surface area contributed by atoms with E-state index in [2.05, 4.69) is 21.4 Å². The van der Waals surface area contributed by atoms with Crippen LogP contribution in [0, 0.1) is 11.3 Å². The fourth-order valence-electron chi connectivity index (χ4n) is 4.44. The Hall–Kier alpha value is -3.47. The van der Waals surface area contributed by atoms with Crippen molar-refractivity contribution in [2.45, 2.75) is 71.0 Å². The van der Waals surface area contributed by atoms with Crippen LogP contribution in [0.25, 0.3) is 0 Å². The lowest BCUT2D eigenvalue weighted by Gasteiger charge is -2.28. The van der Waals surface area contributed by atoms with Crippen molar-refractivity contribution in [1.82, 2.24) is 9.97 Å². The van der Waals surface area contributed by atoms with Crippen molar-refractivity contribution in [3.05, 3.63) is 52.1 Å². The molecule has 1 atom stereocenters. The van der Waals surface area contributed by atoms with Gasteiger partial charge in [-0.3, -0.25) is 10.3 Å². The number of carbonyl (C=O) groups excluding carboxylic acids is 2. The molecule has 1 aromatic heterocycles. The fourth-order valence-corrected chi connectivity index (χ4v) is 4.44. The number of fused-ring (bicyclic) bond motifs is 2. The lowest BCUT2D eigenvalue weighted by molar-refractivity contribution is -0.169. The van der Waals surface area contributed by atoms with E-state index in [1.165, 1.54) is 30.4 Å². The highest BCUT2D eigenvalue weighted by atomic mass is 16.6. The topological polar surface area (TPSA) is 114 Å². The summed E-state index contributed by atoms with van der Waals surface area (Å²) in [4.78, 5) is 34.1. The van der Waals surface area contributed by atoms with Gasteiger partial charge in [0.25, 0.3) is 5.60 Å². The molecule has 0 saturated heterocycles. The third kappa shape index (κ3) is 4.03. The van der Waals surface area contributed by atoms with Gasteiger partial charge < -0.3 is 9.47 Å². The first-order valence-corrected chi connectivity index (χ1v) is 10.9. The molecule has 1 N–H and O–H groups in total. The standard InChI is InChI=1S/C24H26N4O4/c1-14(2)31-22(29)24(3,20-13-26-17(11-25)12-27-20)32-23(30)28-21-18-8-4-6-15(18)10-16-7-5-9-19(16)21/h10,12-14H,4-9H2,1-3H3,(H,28,30). The molecule has 2 aliphatic carbocycles. The molecule has 1 unspecified atom stereocenters. The molecule has 0 bridgehead atoms. The first-order chi connectivity index (χ1) is 15.3. The van der Waals surface area contributed by atoms with Gasteiger partial charge in [-0.2, -0.15) is 5.26 Å². The van der Waals surface area contributed by atoms with Gasteiger partial charge in [0.05, 0.1) is 24.2 Å². The van der Waals surface area contributed by atoms with Crippen molar-refractivity contribution in [3.63, 3.8) is 0 Å². The number of nitriles is 1. The minimum absolute atomic E-state index is 0.0841. The molecule has 1 heterocycles. The van der Waals surface area contributed by atoms with Gasteiger partial charge in [-0.15, -0.1) is 0 Å². The SMILES string of the molecule is CC(C)OC(=O)C(C)(OC(=O)Nc1c2c(cc3c1CCC3)CCC2)c1cnc(C#N)cn1. The van der Waals surface area contributed by atoms with Crippen LogP contribution in [0.1, 0.15) is 67.3 Å². The first kappa shape index (κ1) is 21.8. The van der Waals surface area contributed by atoms with Crippen molar-refractivity contribution in [1.29, 1.82) is 5.26 Å². The average Bonchev–Trinajstić information content (AvgIpc) is 3.42. The second-order valence-electron chi connectivity index (χ2n) is 8.63. The van der Waals surface area contributed by atoms with E-state index < -0.39 is 23.8 Å². The van der Waals surface area contributed by atoms with Gasteiger partial charge in [0, 0.05) is 0 Å². The third-order valence-corrected chi connectivity index (χ3v) is 5.98. The summed E-state index contributed by atoms with van der Waals surface area (Å²) in [6.07, 6.45) is 7.26. The molecule has 32 heavy (non-hydrogen) atoms. The number of aromatic nitrogens is 2. The molecule has 166 valence electrons. The Morgan fingerprint density at radius 2 is 1.75 bits per heavy atom. The van der Waals surface area contributed by atoms with Crippen LogP contribution in [-0.4, -0.2) is 28.1 Å². The Kier molecular flexibility index (Phi) is 5.83. The molecule has 0 fully saturated rings. The summed E-state index contributed by atoms with van der Waals surface area (Å²) >= 11 is 0. The summed E-state index contributed by atoms with van der Waals surface area (Å²) in [7, 11) is 0. The van der Waals surface area contributed by atoms with Crippen molar-refractivity contribution >= 4 is 17.7 Å². The molecule has 2 aromatic rings. The van der Waals surface area contributed by atoms with Gasteiger partial charge in [-0.25, -0.2) is 14.6 Å². The number of hydrogen-bond donors (Lipinski definition) is 1. The third-order valence-electron chi connectivity index (χ3n) is 5.98. The number of aryl methyl sites for hydroxylation is 2. The highest BCUT2D eigenvalue weighted by molar-refractivity contribution is 5.91. The minimum Gasteiger partial charge on any atom is -0.460 e. The Morgan fingerprint density at radius 1 is 1.09 bits per heavy atom. The summed E-state index contributed by atoms with van der Waals surface area (Å²) < 4.78 is 11.0. The number of rotatable bonds is 5. The molecule has 2 aliphatic rings. The second kappa shape index (κ2) is 8.58. The molecule has 1 amide bonds. The predicted octanol–water partition coefficient (Wildman–Crippen LogP) is 3.74. The van der Waals surface area contributed by atoms with E-state index in [9.17, 15) is 9.59 Å². The molecule has 0 radical (unpaired) electrons. The molecule has 4 rings (SSSR count). The molecule has 0 saturated carbocycles. The average molecular weight is 434 g/mol. The van der Waals surface area contributed by atoms with Gasteiger partial charge in [0.2, 0.25) is 0 Å². The monoisotopic (exact) mass is 434 g/mol. The summed E-state index contributed by atoms with van der Waals surface area (Å²) in [5.74, 6) is -0.759. The zero-order chi connectivity index (χ0) is 22.9. The lowest BCUT2D eigenvalue weighted by atomic mass is 9.99. The quantitative estimate of drug-likeness (QED) is 0.713. The smallest absolute Gasteiger partial charge is 0.413 e. The van der Waals surface area contributed by atoms with Crippen molar-refractivity contribution in [2.75, 3.05) is 5.32 Å². The predicted molar refractivity (Wildman–Crippen MR) is 116 cm³/mol. The molecular formula is C24H26N4O4. The summed E-state index contributed by atoms with van der Waals surface area (Å²) in [5.41, 5.74) is 4.05. The van der Waals surface area contributed by atoms with Crippen LogP contribution in [0.2, 0.25) is 0 Å². The van der Waals surface area contributed by atoms with E-state index >= 15 is 0 Å². The van der Waals surface area contributed by atoms with Crippen molar-refractivity contribution < 1.29 is 19.1 Å². The number of anilines is 1. The number of nitrogens with zero attached hydrogens (tertiary/aromatic N) is 3. The van der Waals surface area contributed by atoms with Gasteiger partial charge in [0.1, 0.15) is 11.8 Å². The number of nitrogens with one attached hydrogen (secondary N) is 1. The molecule has 0 aliphatic heterocycles. The lowest BCUT2D eigenvalue weighted by Crippen LogP contribution is -2.42. The van der Waals surface area contributed by atoms with E-state index in [-0.39, 0.29) is 11.4 Å². The first-order valence-electron chi connectivity index (χ1n) is 10.9. The van der Waals surface area contributed by atoms with Gasteiger partial charge in [-0.1, -0.05) is 6.07 Å². The Morgan fingerprint density at radius 3 is 2.28 bits per heavy atom. The molecule has 8 nitrogen and oxygen atoms in total. The minimum atomic E-state index is -1.82. The van der Waals surface area contributed by atoms with Crippen LogP contribution in [-0.2, 0) is 45.6 Å². The largest absolute Gasteiger partial charge is 0.460 e. The van der Waals surface area contributed by atoms with E-state index in [0.717, 1.165) is 55.3 Å². The Bertz CT molecular complexity index is 1070. The van der Waals surface area contributed by atoms with Crippen molar-refractivity contribution in [2.24, 2.45) is 0 Å². The summed E-state index contributed by atoms with van der Waals surface area (Å²) in [5, 5.41) is 11.9. The number of hydrogen-bond acceptors (Lipinski definition) is 7. The fraction of sp³-hybridized carbons (Fsp3) is 0.458. The van der Waals surface area contributed by atoms with Crippen LogP contribution in [0.3, 0.4) is 0 Å². The maximum Gasteiger partial charge on any atom is 0.413 e. The van der Waals surface area contributed by atoms with E-state index in [0.29, 0.717) is 0 Å². The van der Waals surface area contributed by atoms with Crippen molar-refractivity contribution in [3.8, 4) is 6.07 Å². The summed E-state index contributed by atoms with van der Waals surface area (Å²) in [6.45, 7) is 4.84. The van der Waals surface area contributed by atoms with E-state index in [1.54, 1.807) is 13.8 Å². The molecular weight excluding hydrogens is 408 g/mol. The molecule has 1 aromatic carbocycles.